The number of carbonyl (C=O) groups is 2. The number of nitrogens with two attached hydrogens (primary N) is 1. The van der Waals surface area contributed by atoms with E-state index in [1.165, 1.54) is 0 Å². The number of primary amides is 1. The van der Waals surface area contributed by atoms with E-state index in [-0.39, 0.29) is 24.8 Å². The Morgan fingerprint density at radius 2 is 2.20 bits per heavy atom. The monoisotopic (exact) mass is 349 g/mol. The topological polar surface area (TPSA) is 93.9 Å². The molecule has 1 aromatic rings. The van der Waals surface area contributed by atoms with Crippen molar-refractivity contribution in [1.29, 1.82) is 0 Å². The molecule has 7 nitrogen and oxygen atoms in total. The summed E-state index contributed by atoms with van der Waals surface area (Å²) in [7, 11) is 0. The summed E-state index contributed by atoms with van der Waals surface area (Å²) in [5.74, 6) is 0.230. The fourth-order valence-electron chi connectivity index (χ4n) is 2.74. The first-order chi connectivity index (χ1) is 11.9. The number of rotatable bonds is 6. The van der Waals surface area contributed by atoms with Crippen LogP contribution in [0.4, 0.5) is 4.79 Å². The van der Waals surface area contributed by atoms with Crippen molar-refractivity contribution in [3.05, 3.63) is 29.8 Å². The van der Waals surface area contributed by atoms with Crippen LogP contribution in [0.3, 0.4) is 0 Å². The normalized spacial score (nSPS) is 21.5. The molecule has 1 aliphatic rings. The van der Waals surface area contributed by atoms with Crippen molar-refractivity contribution in [1.82, 2.24) is 10.2 Å². The summed E-state index contributed by atoms with van der Waals surface area (Å²) in [4.78, 5) is 25.3. The quantitative estimate of drug-likeness (QED) is 0.812. The number of hydrogen-bond acceptors (Lipinski definition) is 4. The SMILES string of the molecule is CC[C@H](CNC(=O)N1C[C@@H](C)O[C@H](C(N)=O)C1)Oc1cccc(C)c1. The van der Waals surface area contributed by atoms with E-state index in [2.05, 4.69) is 5.32 Å². The summed E-state index contributed by atoms with van der Waals surface area (Å²) in [5, 5.41) is 2.87. The van der Waals surface area contributed by atoms with Crippen LogP contribution < -0.4 is 15.8 Å². The lowest BCUT2D eigenvalue weighted by atomic mass is 10.2. The Kier molecular flexibility index (Phi) is 6.64. The predicted octanol–water partition coefficient (Wildman–Crippen LogP) is 1.44. The minimum absolute atomic E-state index is 0.129. The molecular weight excluding hydrogens is 322 g/mol. The molecule has 3 amide bonds. The molecule has 0 radical (unpaired) electrons. The fourth-order valence-corrected chi connectivity index (χ4v) is 2.74. The number of aryl methyl sites for hydroxylation is 1. The van der Waals surface area contributed by atoms with Crippen LogP contribution in [0.5, 0.6) is 5.75 Å². The maximum Gasteiger partial charge on any atom is 0.317 e. The summed E-state index contributed by atoms with van der Waals surface area (Å²) in [6, 6.07) is 7.57. The van der Waals surface area contributed by atoms with E-state index in [0.717, 1.165) is 17.7 Å². The number of urea groups is 1. The lowest BCUT2D eigenvalue weighted by Crippen LogP contribution is -2.56. The zero-order chi connectivity index (χ0) is 18.4. The number of benzene rings is 1. The number of nitrogens with one attached hydrogen (secondary N) is 1. The van der Waals surface area contributed by atoms with E-state index in [9.17, 15) is 9.59 Å². The third-order valence-corrected chi connectivity index (χ3v) is 4.09. The van der Waals surface area contributed by atoms with E-state index in [1.54, 1.807) is 4.90 Å². The zero-order valence-electron chi connectivity index (χ0n) is 15.0. The molecule has 1 fully saturated rings. The van der Waals surface area contributed by atoms with Gasteiger partial charge in [-0.05, 0) is 38.0 Å². The minimum atomic E-state index is -0.764. The smallest absolute Gasteiger partial charge is 0.317 e. The number of ether oxygens (including phenoxy) is 2. The van der Waals surface area contributed by atoms with Gasteiger partial charge in [0.15, 0.2) is 6.10 Å². The predicted molar refractivity (Wildman–Crippen MR) is 94.4 cm³/mol. The third kappa shape index (κ3) is 5.63. The molecule has 2 rings (SSSR count). The molecule has 1 aliphatic heterocycles. The number of amides is 3. The highest BCUT2D eigenvalue weighted by molar-refractivity contribution is 5.81. The molecule has 7 heteroatoms. The van der Waals surface area contributed by atoms with Crippen molar-refractivity contribution in [2.75, 3.05) is 19.6 Å². The molecule has 0 aromatic heterocycles. The Hall–Kier alpha value is -2.28. The highest BCUT2D eigenvalue weighted by atomic mass is 16.5. The van der Waals surface area contributed by atoms with Gasteiger partial charge in [0.1, 0.15) is 11.9 Å². The van der Waals surface area contributed by atoms with Crippen LogP contribution in [0, 0.1) is 6.92 Å². The van der Waals surface area contributed by atoms with Crippen LogP contribution in [0.2, 0.25) is 0 Å². The lowest BCUT2D eigenvalue weighted by molar-refractivity contribution is -0.139. The van der Waals surface area contributed by atoms with Crippen LogP contribution in [0.1, 0.15) is 25.8 Å². The standard InChI is InChI=1S/C18H27N3O4/c1-4-14(25-15-7-5-6-12(2)8-15)9-20-18(23)21-10-13(3)24-16(11-21)17(19)22/h5-8,13-14,16H,4,9-11H2,1-3H3,(H2,19,22)(H,20,23)/t13-,14-,16+/m1/s1. The molecule has 0 aliphatic carbocycles. The van der Waals surface area contributed by atoms with Crippen molar-refractivity contribution < 1.29 is 19.1 Å². The minimum Gasteiger partial charge on any atom is -0.489 e. The van der Waals surface area contributed by atoms with E-state index in [4.69, 9.17) is 15.2 Å². The Bertz CT molecular complexity index is 608. The molecular formula is C18H27N3O4. The molecule has 25 heavy (non-hydrogen) atoms. The van der Waals surface area contributed by atoms with Crippen molar-refractivity contribution in [2.24, 2.45) is 5.73 Å². The van der Waals surface area contributed by atoms with Gasteiger partial charge in [-0.1, -0.05) is 19.1 Å². The van der Waals surface area contributed by atoms with Crippen molar-refractivity contribution >= 4 is 11.9 Å². The molecule has 1 saturated heterocycles. The molecule has 0 saturated carbocycles. The summed E-state index contributed by atoms with van der Waals surface area (Å²) in [5.41, 5.74) is 6.41. The van der Waals surface area contributed by atoms with Gasteiger partial charge in [0.2, 0.25) is 5.91 Å². The van der Waals surface area contributed by atoms with Crippen LogP contribution in [0.15, 0.2) is 24.3 Å². The number of nitrogens with zero attached hydrogens (tertiary/aromatic N) is 1. The zero-order valence-corrected chi connectivity index (χ0v) is 15.0. The van der Waals surface area contributed by atoms with E-state index >= 15 is 0 Å². The number of morpholine rings is 1. The second-order valence-corrected chi connectivity index (χ2v) is 6.39. The Morgan fingerprint density at radius 1 is 1.44 bits per heavy atom. The van der Waals surface area contributed by atoms with Crippen LogP contribution in [-0.4, -0.2) is 54.8 Å². The van der Waals surface area contributed by atoms with Gasteiger partial charge in [0, 0.05) is 6.54 Å². The fraction of sp³-hybridized carbons (Fsp3) is 0.556. The molecule has 0 spiro atoms. The first-order valence-electron chi connectivity index (χ1n) is 8.60. The maximum atomic E-state index is 12.4. The van der Waals surface area contributed by atoms with Gasteiger partial charge in [-0.2, -0.15) is 0 Å². The van der Waals surface area contributed by atoms with Gasteiger partial charge in [-0.15, -0.1) is 0 Å². The molecule has 3 N–H and O–H groups in total. The van der Waals surface area contributed by atoms with Crippen LogP contribution in [0.25, 0.3) is 0 Å². The van der Waals surface area contributed by atoms with Gasteiger partial charge in [-0.3, -0.25) is 4.79 Å². The van der Waals surface area contributed by atoms with E-state index in [0.29, 0.717) is 13.1 Å². The third-order valence-electron chi connectivity index (χ3n) is 4.09. The average molecular weight is 349 g/mol. The molecule has 138 valence electrons. The molecule has 0 unspecified atom stereocenters. The van der Waals surface area contributed by atoms with Crippen LogP contribution in [-0.2, 0) is 9.53 Å². The summed E-state index contributed by atoms with van der Waals surface area (Å²) in [6.07, 6.45) is -0.365. The highest BCUT2D eigenvalue weighted by Gasteiger charge is 2.31. The van der Waals surface area contributed by atoms with Gasteiger partial charge >= 0.3 is 6.03 Å². The second kappa shape index (κ2) is 8.71. The Labute approximate surface area is 148 Å². The number of carbonyl (C=O) groups excluding carboxylic acids is 2. The van der Waals surface area contributed by atoms with E-state index in [1.807, 2.05) is 45.0 Å². The van der Waals surface area contributed by atoms with Gasteiger partial charge in [0.25, 0.3) is 0 Å². The van der Waals surface area contributed by atoms with E-state index < -0.39 is 12.0 Å². The largest absolute Gasteiger partial charge is 0.489 e. The van der Waals surface area contributed by atoms with Gasteiger partial charge in [0.05, 0.1) is 19.2 Å². The van der Waals surface area contributed by atoms with Crippen molar-refractivity contribution in [3.63, 3.8) is 0 Å². The Balaban J connectivity index is 1.87. The first-order valence-corrected chi connectivity index (χ1v) is 8.60. The highest BCUT2D eigenvalue weighted by Crippen LogP contribution is 2.15. The summed E-state index contributed by atoms with van der Waals surface area (Å²) >= 11 is 0. The van der Waals surface area contributed by atoms with Gasteiger partial charge < -0.3 is 25.4 Å². The summed E-state index contributed by atoms with van der Waals surface area (Å²) < 4.78 is 11.4. The first kappa shape index (κ1) is 19.1. The molecule has 1 aromatic carbocycles. The lowest BCUT2D eigenvalue weighted by Gasteiger charge is -2.35. The molecule has 0 bridgehead atoms. The van der Waals surface area contributed by atoms with Crippen LogP contribution >= 0.6 is 0 Å². The van der Waals surface area contributed by atoms with Crippen molar-refractivity contribution in [2.45, 2.75) is 45.5 Å². The molecule has 3 atom stereocenters. The average Bonchev–Trinajstić information content (AvgIpc) is 2.57. The Morgan fingerprint density at radius 3 is 2.84 bits per heavy atom. The van der Waals surface area contributed by atoms with Crippen molar-refractivity contribution in [3.8, 4) is 5.75 Å². The molecule has 1 heterocycles. The number of hydrogen-bond donors (Lipinski definition) is 2. The summed E-state index contributed by atoms with van der Waals surface area (Å²) in [6.45, 7) is 6.80. The second-order valence-electron chi connectivity index (χ2n) is 6.39. The van der Waals surface area contributed by atoms with Gasteiger partial charge in [-0.25, -0.2) is 4.79 Å². The maximum absolute atomic E-state index is 12.4.